The smallest absolute Gasteiger partial charge is 0.255 e. The zero-order valence-corrected chi connectivity index (χ0v) is 16.4. The lowest BCUT2D eigenvalue weighted by Gasteiger charge is -2.26. The molecule has 1 atom stereocenters. The number of nitrogens with one attached hydrogen (secondary N) is 1. The largest absolute Gasteiger partial charge is 0.490 e. The number of hydrogen-bond acceptors (Lipinski definition) is 3. The van der Waals surface area contributed by atoms with Crippen LogP contribution in [0.4, 0.5) is 5.69 Å². The van der Waals surface area contributed by atoms with Gasteiger partial charge in [0.2, 0.25) is 0 Å². The molecule has 1 aliphatic rings. The third-order valence-corrected chi connectivity index (χ3v) is 4.60. The van der Waals surface area contributed by atoms with E-state index in [1.807, 2.05) is 38.1 Å². The van der Waals surface area contributed by atoms with Gasteiger partial charge >= 0.3 is 0 Å². The standard InChI is InChI=1S/C22H20N2O2.C2H6/c25-22(24-19-10-12-23-13-11-19)18-7-9-21-17(15-18)6-8-20(26-21)14-16-4-2-1-3-5-16;1-2/h1-5,7,9-13,15,20H,6,8,14H2,(H,23,24,25);1-2H3. The molecule has 0 saturated carbocycles. The molecule has 28 heavy (non-hydrogen) atoms. The minimum atomic E-state index is -0.120. The Kier molecular flexibility index (Phi) is 6.79. The van der Waals surface area contributed by atoms with Gasteiger partial charge in [-0.05, 0) is 54.3 Å². The van der Waals surface area contributed by atoms with Crippen LogP contribution in [0.2, 0.25) is 0 Å². The molecule has 3 aromatic rings. The first-order valence-electron chi connectivity index (χ1n) is 9.83. The van der Waals surface area contributed by atoms with Crippen molar-refractivity contribution in [2.45, 2.75) is 39.2 Å². The number of aryl methyl sites for hydroxylation is 1. The average molecular weight is 374 g/mol. The van der Waals surface area contributed by atoms with E-state index in [0.29, 0.717) is 5.56 Å². The van der Waals surface area contributed by atoms with Crippen molar-refractivity contribution >= 4 is 11.6 Å². The second-order valence-corrected chi connectivity index (χ2v) is 6.48. The second kappa shape index (κ2) is 9.70. The normalized spacial score (nSPS) is 14.7. The van der Waals surface area contributed by atoms with Crippen LogP contribution in [0.1, 0.15) is 41.8 Å². The van der Waals surface area contributed by atoms with Crippen molar-refractivity contribution in [1.29, 1.82) is 0 Å². The third kappa shape index (κ3) is 4.97. The summed E-state index contributed by atoms with van der Waals surface area (Å²) < 4.78 is 6.15. The van der Waals surface area contributed by atoms with Crippen LogP contribution < -0.4 is 10.1 Å². The molecule has 2 aromatic carbocycles. The molecule has 0 bridgehead atoms. The van der Waals surface area contributed by atoms with Crippen molar-refractivity contribution in [3.8, 4) is 5.75 Å². The summed E-state index contributed by atoms with van der Waals surface area (Å²) in [5, 5.41) is 2.89. The van der Waals surface area contributed by atoms with Crippen molar-refractivity contribution in [2.24, 2.45) is 0 Å². The summed E-state index contributed by atoms with van der Waals surface area (Å²) in [6.45, 7) is 4.00. The highest BCUT2D eigenvalue weighted by Gasteiger charge is 2.21. The van der Waals surface area contributed by atoms with Gasteiger partial charge in [-0.15, -0.1) is 0 Å². The van der Waals surface area contributed by atoms with Crippen LogP contribution in [0, 0.1) is 0 Å². The van der Waals surface area contributed by atoms with Gasteiger partial charge in [-0.2, -0.15) is 0 Å². The summed E-state index contributed by atoms with van der Waals surface area (Å²) in [6, 6.07) is 19.6. The highest BCUT2D eigenvalue weighted by Crippen LogP contribution is 2.30. The highest BCUT2D eigenvalue weighted by molar-refractivity contribution is 6.04. The molecule has 0 aliphatic carbocycles. The van der Waals surface area contributed by atoms with Crippen LogP contribution in [0.15, 0.2) is 73.1 Å². The van der Waals surface area contributed by atoms with Gasteiger partial charge < -0.3 is 10.1 Å². The van der Waals surface area contributed by atoms with E-state index in [4.69, 9.17) is 4.74 Å². The highest BCUT2D eigenvalue weighted by atomic mass is 16.5. The lowest BCUT2D eigenvalue weighted by atomic mass is 9.96. The van der Waals surface area contributed by atoms with E-state index in [2.05, 4.69) is 34.6 Å². The molecule has 1 amide bonds. The number of rotatable bonds is 4. The first-order chi connectivity index (χ1) is 13.8. The third-order valence-electron chi connectivity index (χ3n) is 4.60. The molecule has 1 aromatic heterocycles. The monoisotopic (exact) mass is 374 g/mol. The molecule has 1 unspecified atom stereocenters. The number of anilines is 1. The first-order valence-corrected chi connectivity index (χ1v) is 9.83. The summed E-state index contributed by atoms with van der Waals surface area (Å²) in [5.74, 6) is 0.767. The summed E-state index contributed by atoms with van der Waals surface area (Å²) in [6.07, 6.45) is 6.28. The lowest BCUT2D eigenvalue weighted by molar-refractivity contribution is 0.102. The zero-order valence-electron chi connectivity index (χ0n) is 16.4. The van der Waals surface area contributed by atoms with Crippen LogP contribution in [0.5, 0.6) is 5.75 Å². The molecule has 4 nitrogen and oxygen atoms in total. The lowest BCUT2D eigenvalue weighted by Crippen LogP contribution is -2.25. The van der Waals surface area contributed by atoms with Gasteiger partial charge in [-0.25, -0.2) is 0 Å². The van der Waals surface area contributed by atoms with Gasteiger partial charge in [-0.1, -0.05) is 44.2 Å². The molecule has 4 heteroatoms. The fourth-order valence-corrected chi connectivity index (χ4v) is 3.25. The van der Waals surface area contributed by atoms with Gasteiger partial charge in [0.25, 0.3) is 5.91 Å². The van der Waals surface area contributed by atoms with Gasteiger partial charge in [0, 0.05) is 30.1 Å². The molecule has 1 N–H and O–H groups in total. The molecule has 0 radical (unpaired) electrons. The Labute approximate surface area is 166 Å². The van der Waals surface area contributed by atoms with E-state index in [1.54, 1.807) is 24.5 Å². The van der Waals surface area contributed by atoms with Crippen molar-refractivity contribution in [3.05, 3.63) is 89.7 Å². The fraction of sp³-hybridized carbons (Fsp3) is 0.250. The summed E-state index contributed by atoms with van der Waals surface area (Å²) in [7, 11) is 0. The molecule has 0 saturated heterocycles. The number of hydrogen-bond donors (Lipinski definition) is 1. The molecule has 1 aliphatic heterocycles. The van der Waals surface area contributed by atoms with Gasteiger partial charge in [-0.3, -0.25) is 9.78 Å². The Bertz CT molecular complexity index is 895. The van der Waals surface area contributed by atoms with Crippen LogP contribution >= 0.6 is 0 Å². The van der Waals surface area contributed by atoms with Crippen LogP contribution in [-0.2, 0) is 12.8 Å². The minimum absolute atomic E-state index is 0.120. The van der Waals surface area contributed by atoms with Crippen molar-refractivity contribution in [3.63, 3.8) is 0 Å². The van der Waals surface area contributed by atoms with E-state index >= 15 is 0 Å². The minimum Gasteiger partial charge on any atom is -0.490 e. The van der Waals surface area contributed by atoms with Crippen molar-refractivity contribution in [2.75, 3.05) is 5.32 Å². The predicted octanol–water partition coefficient (Wildman–Crippen LogP) is 5.30. The summed E-state index contributed by atoms with van der Waals surface area (Å²) in [5.41, 5.74) is 3.76. The molecular formula is C24H26N2O2. The quantitative estimate of drug-likeness (QED) is 0.674. The molecular weight excluding hydrogens is 348 g/mol. The number of aromatic nitrogens is 1. The molecule has 0 fully saturated rings. The maximum atomic E-state index is 12.4. The molecule has 4 rings (SSSR count). The topological polar surface area (TPSA) is 51.2 Å². The Balaban J connectivity index is 0.00000109. The predicted molar refractivity (Wildman–Crippen MR) is 113 cm³/mol. The molecule has 0 spiro atoms. The molecule has 144 valence electrons. The van der Waals surface area contributed by atoms with Crippen molar-refractivity contribution in [1.82, 2.24) is 4.98 Å². The van der Waals surface area contributed by atoms with E-state index in [0.717, 1.165) is 36.3 Å². The Morgan fingerprint density at radius 2 is 1.82 bits per heavy atom. The number of amides is 1. The Morgan fingerprint density at radius 3 is 2.57 bits per heavy atom. The van der Waals surface area contributed by atoms with E-state index < -0.39 is 0 Å². The number of benzene rings is 2. The fourth-order valence-electron chi connectivity index (χ4n) is 3.25. The maximum Gasteiger partial charge on any atom is 0.255 e. The van der Waals surface area contributed by atoms with E-state index in [9.17, 15) is 4.79 Å². The molecule has 2 heterocycles. The van der Waals surface area contributed by atoms with E-state index in [1.165, 1.54) is 5.56 Å². The van der Waals surface area contributed by atoms with Crippen LogP contribution in [-0.4, -0.2) is 17.0 Å². The number of carbonyl (C=O) groups excluding carboxylic acids is 1. The number of fused-ring (bicyclic) bond motifs is 1. The van der Waals surface area contributed by atoms with Crippen LogP contribution in [0.3, 0.4) is 0 Å². The summed E-state index contributed by atoms with van der Waals surface area (Å²) in [4.78, 5) is 16.4. The number of pyridine rings is 1. The van der Waals surface area contributed by atoms with Gasteiger partial charge in [0.15, 0.2) is 0 Å². The zero-order chi connectivity index (χ0) is 19.8. The first kappa shape index (κ1) is 19.6. The van der Waals surface area contributed by atoms with Crippen molar-refractivity contribution < 1.29 is 9.53 Å². The van der Waals surface area contributed by atoms with Gasteiger partial charge in [0.1, 0.15) is 11.9 Å². The van der Waals surface area contributed by atoms with E-state index in [-0.39, 0.29) is 12.0 Å². The number of carbonyl (C=O) groups is 1. The van der Waals surface area contributed by atoms with Crippen LogP contribution in [0.25, 0.3) is 0 Å². The second-order valence-electron chi connectivity index (χ2n) is 6.48. The SMILES string of the molecule is CC.O=C(Nc1ccncc1)c1ccc2c(c1)CCC(Cc1ccccc1)O2. The summed E-state index contributed by atoms with van der Waals surface area (Å²) >= 11 is 0. The number of ether oxygens (including phenoxy) is 1. The van der Waals surface area contributed by atoms with Gasteiger partial charge in [0.05, 0.1) is 0 Å². The Morgan fingerprint density at radius 1 is 1.07 bits per heavy atom. The maximum absolute atomic E-state index is 12.4. The average Bonchev–Trinajstić information content (AvgIpc) is 2.76. The number of nitrogens with zero attached hydrogens (tertiary/aromatic N) is 1. The Hall–Kier alpha value is -3.14.